The Balaban J connectivity index is 2.28. The molecule has 0 aromatic heterocycles. The Morgan fingerprint density at radius 1 is 1.47 bits per heavy atom. The van der Waals surface area contributed by atoms with Gasteiger partial charge >= 0.3 is 5.97 Å². The molecule has 0 spiro atoms. The van der Waals surface area contributed by atoms with Gasteiger partial charge in [-0.3, -0.25) is 4.79 Å². The normalized spacial score (nSPS) is 28.9. The van der Waals surface area contributed by atoms with Crippen molar-refractivity contribution in [3.05, 3.63) is 35.9 Å². The summed E-state index contributed by atoms with van der Waals surface area (Å²) in [5, 5.41) is 12.4. The van der Waals surface area contributed by atoms with Gasteiger partial charge in [-0.1, -0.05) is 37.3 Å². The molecule has 0 saturated carbocycles. The van der Waals surface area contributed by atoms with Crippen molar-refractivity contribution < 1.29 is 9.90 Å². The minimum Gasteiger partial charge on any atom is -0.481 e. The fourth-order valence-electron chi connectivity index (χ4n) is 2.77. The van der Waals surface area contributed by atoms with Gasteiger partial charge in [-0.15, -0.1) is 0 Å². The van der Waals surface area contributed by atoms with Crippen molar-refractivity contribution in [1.82, 2.24) is 5.32 Å². The first-order chi connectivity index (χ1) is 8.13. The van der Waals surface area contributed by atoms with E-state index < -0.39 is 5.97 Å². The van der Waals surface area contributed by atoms with Crippen LogP contribution in [0, 0.1) is 0 Å². The Kier molecular flexibility index (Phi) is 3.48. The first-order valence-corrected chi connectivity index (χ1v) is 6.13. The van der Waals surface area contributed by atoms with Crippen molar-refractivity contribution in [2.45, 2.75) is 37.6 Å². The highest BCUT2D eigenvalue weighted by Crippen LogP contribution is 2.36. The van der Waals surface area contributed by atoms with Gasteiger partial charge in [0.25, 0.3) is 0 Å². The van der Waals surface area contributed by atoms with Crippen molar-refractivity contribution in [3.8, 4) is 0 Å². The van der Waals surface area contributed by atoms with Gasteiger partial charge in [-0.25, -0.2) is 0 Å². The molecule has 1 aliphatic heterocycles. The van der Waals surface area contributed by atoms with Gasteiger partial charge in [0.1, 0.15) is 0 Å². The minimum absolute atomic E-state index is 0.0242. The maximum Gasteiger partial charge on any atom is 0.304 e. The van der Waals surface area contributed by atoms with Gasteiger partial charge in [-0.2, -0.15) is 0 Å². The summed E-state index contributed by atoms with van der Waals surface area (Å²) in [6, 6.07) is 10.3. The van der Waals surface area contributed by atoms with E-state index in [0.717, 1.165) is 19.4 Å². The number of hydrogen-bond acceptors (Lipinski definition) is 2. The summed E-state index contributed by atoms with van der Waals surface area (Å²) in [5.41, 5.74) is 1.16. The highest BCUT2D eigenvalue weighted by molar-refractivity contribution is 5.68. The summed E-state index contributed by atoms with van der Waals surface area (Å²) in [4.78, 5) is 10.9. The van der Waals surface area contributed by atoms with Crippen LogP contribution in [0.25, 0.3) is 0 Å². The van der Waals surface area contributed by atoms with E-state index in [1.807, 2.05) is 18.2 Å². The molecule has 0 radical (unpaired) electrons. The third kappa shape index (κ3) is 2.50. The van der Waals surface area contributed by atoms with E-state index in [-0.39, 0.29) is 17.9 Å². The van der Waals surface area contributed by atoms with E-state index in [9.17, 15) is 4.79 Å². The Bertz CT molecular complexity index is 390. The van der Waals surface area contributed by atoms with Crippen LogP contribution in [0.15, 0.2) is 30.3 Å². The van der Waals surface area contributed by atoms with E-state index in [0.29, 0.717) is 0 Å². The number of carbonyl (C=O) groups is 1. The van der Waals surface area contributed by atoms with Gasteiger partial charge in [0.2, 0.25) is 0 Å². The number of nitrogens with one attached hydrogen (secondary N) is 1. The minimum atomic E-state index is -0.730. The average molecular weight is 233 g/mol. The summed E-state index contributed by atoms with van der Waals surface area (Å²) >= 11 is 0. The van der Waals surface area contributed by atoms with Crippen LogP contribution in [0.3, 0.4) is 0 Å². The van der Waals surface area contributed by atoms with Crippen LogP contribution < -0.4 is 5.32 Å². The zero-order chi connectivity index (χ0) is 12.3. The molecule has 1 aliphatic rings. The number of piperidine rings is 1. The highest BCUT2D eigenvalue weighted by Gasteiger charge is 2.38. The lowest BCUT2D eigenvalue weighted by atomic mass is 9.69. The van der Waals surface area contributed by atoms with Crippen LogP contribution in [-0.2, 0) is 10.2 Å². The van der Waals surface area contributed by atoms with E-state index >= 15 is 0 Å². The molecule has 1 aromatic rings. The lowest BCUT2D eigenvalue weighted by Gasteiger charge is -2.42. The molecule has 2 N–H and O–H groups in total. The van der Waals surface area contributed by atoms with Crippen molar-refractivity contribution in [3.63, 3.8) is 0 Å². The van der Waals surface area contributed by atoms with Gasteiger partial charge in [0, 0.05) is 11.5 Å². The lowest BCUT2D eigenvalue weighted by Crippen LogP contribution is -2.51. The van der Waals surface area contributed by atoms with E-state index in [4.69, 9.17) is 5.11 Å². The van der Waals surface area contributed by atoms with E-state index in [1.54, 1.807) is 0 Å². The Morgan fingerprint density at radius 3 is 2.82 bits per heavy atom. The maximum atomic E-state index is 10.9. The summed E-state index contributed by atoms with van der Waals surface area (Å²) < 4.78 is 0. The van der Waals surface area contributed by atoms with Gasteiger partial charge < -0.3 is 10.4 Å². The van der Waals surface area contributed by atoms with Crippen LogP contribution in [0.4, 0.5) is 0 Å². The highest BCUT2D eigenvalue weighted by atomic mass is 16.4. The lowest BCUT2D eigenvalue weighted by molar-refractivity contribution is -0.138. The molecule has 0 bridgehead atoms. The number of rotatable bonds is 3. The van der Waals surface area contributed by atoms with Crippen molar-refractivity contribution in [1.29, 1.82) is 0 Å². The van der Waals surface area contributed by atoms with Crippen LogP contribution in [0.5, 0.6) is 0 Å². The second-order valence-corrected chi connectivity index (χ2v) is 4.99. The second-order valence-electron chi connectivity index (χ2n) is 4.99. The van der Waals surface area contributed by atoms with Crippen LogP contribution in [-0.4, -0.2) is 23.7 Å². The predicted octanol–water partition coefficient (Wildman–Crippen LogP) is 2.17. The first-order valence-electron chi connectivity index (χ1n) is 6.13. The molecule has 1 saturated heterocycles. The van der Waals surface area contributed by atoms with Crippen molar-refractivity contribution in [2.24, 2.45) is 0 Å². The quantitative estimate of drug-likeness (QED) is 0.841. The third-order valence-corrected chi connectivity index (χ3v) is 3.84. The molecule has 3 heteroatoms. The molecule has 92 valence electrons. The summed E-state index contributed by atoms with van der Waals surface area (Å²) in [6.45, 7) is 3.09. The first kappa shape index (κ1) is 12.1. The predicted molar refractivity (Wildman–Crippen MR) is 67.1 cm³/mol. The van der Waals surface area contributed by atoms with Crippen LogP contribution in [0.1, 0.15) is 31.7 Å². The Morgan fingerprint density at radius 2 is 2.18 bits per heavy atom. The molecule has 1 aromatic carbocycles. The topological polar surface area (TPSA) is 49.3 Å². The smallest absolute Gasteiger partial charge is 0.304 e. The zero-order valence-corrected chi connectivity index (χ0v) is 10.1. The van der Waals surface area contributed by atoms with Gasteiger partial charge in [0.05, 0.1) is 6.42 Å². The van der Waals surface area contributed by atoms with Gasteiger partial charge in [0.15, 0.2) is 0 Å². The summed E-state index contributed by atoms with van der Waals surface area (Å²) in [5.74, 6) is -0.730. The molecule has 17 heavy (non-hydrogen) atoms. The molecular formula is C14H19NO2. The van der Waals surface area contributed by atoms with Crippen molar-refractivity contribution in [2.75, 3.05) is 6.54 Å². The summed E-state index contributed by atoms with van der Waals surface area (Å²) in [6.07, 6.45) is 2.33. The molecule has 0 aliphatic carbocycles. The monoisotopic (exact) mass is 233 g/mol. The molecular weight excluding hydrogens is 214 g/mol. The SMILES string of the molecule is CC1(c2ccccc2)CCCNC1CC(=O)O. The maximum absolute atomic E-state index is 10.9. The van der Waals surface area contributed by atoms with Crippen molar-refractivity contribution >= 4 is 5.97 Å². The van der Waals surface area contributed by atoms with E-state index in [1.165, 1.54) is 5.56 Å². The fourth-order valence-corrected chi connectivity index (χ4v) is 2.77. The molecule has 1 heterocycles. The Labute approximate surface area is 102 Å². The summed E-state index contributed by atoms with van der Waals surface area (Å²) in [7, 11) is 0. The molecule has 3 nitrogen and oxygen atoms in total. The fraction of sp³-hybridized carbons (Fsp3) is 0.500. The standard InChI is InChI=1S/C14H19NO2/c1-14(11-6-3-2-4-7-11)8-5-9-15-12(14)10-13(16)17/h2-4,6-7,12,15H,5,8-10H2,1H3,(H,16,17). The van der Waals surface area contributed by atoms with Crippen LogP contribution in [0.2, 0.25) is 0 Å². The molecule has 2 rings (SSSR count). The largest absolute Gasteiger partial charge is 0.481 e. The van der Waals surface area contributed by atoms with E-state index in [2.05, 4.69) is 24.4 Å². The Hall–Kier alpha value is -1.35. The zero-order valence-electron chi connectivity index (χ0n) is 10.1. The number of hydrogen-bond donors (Lipinski definition) is 2. The molecule has 2 unspecified atom stereocenters. The van der Waals surface area contributed by atoms with Gasteiger partial charge in [-0.05, 0) is 24.9 Å². The molecule has 2 atom stereocenters. The second kappa shape index (κ2) is 4.88. The molecule has 0 amide bonds. The third-order valence-electron chi connectivity index (χ3n) is 3.84. The number of aliphatic carboxylic acids is 1. The molecule has 1 fully saturated rings. The number of carboxylic acid groups (broad SMARTS) is 1. The number of benzene rings is 1. The average Bonchev–Trinajstić information content (AvgIpc) is 2.33. The number of carboxylic acids is 1. The van der Waals surface area contributed by atoms with Crippen LogP contribution >= 0.6 is 0 Å².